The summed E-state index contributed by atoms with van der Waals surface area (Å²) in [7, 11) is 0. The number of hydrogen-bond donors (Lipinski definition) is 2. The van der Waals surface area contributed by atoms with E-state index in [2.05, 4.69) is 15.4 Å². The van der Waals surface area contributed by atoms with E-state index < -0.39 is 5.97 Å². The summed E-state index contributed by atoms with van der Waals surface area (Å²) in [6.45, 7) is 6.65. The molecule has 7 nitrogen and oxygen atoms in total. The average molecular weight is 380 g/mol. The molecule has 7 heteroatoms. The smallest absolute Gasteiger partial charge is 0.340 e. The van der Waals surface area contributed by atoms with Crippen LogP contribution in [0, 0.1) is 13.8 Å². The fourth-order valence-electron chi connectivity index (χ4n) is 3.10. The molecule has 0 spiro atoms. The third-order valence-electron chi connectivity index (χ3n) is 4.52. The molecule has 0 aliphatic heterocycles. The summed E-state index contributed by atoms with van der Waals surface area (Å²) in [6.07, 6.45) is 3.67. The summed E-state index contributed by atoms with van der Waals surface area (Å²) < 4.78 is 6.92. The molecule has 0 unspecified atom stereocenters. The lowest BCUT2D eigenvalue weighted by Crippen LogP contribution is -2.24. The van der Waals surface area contributed by atoms with Crippen LogP contribution in [0.15, 0.2) is 42.7 Å². The number of nitrogens with zero attached hydrogens (tertiary/aromatic N) is 2. The molecule has 3 rings (SSSR count). The Morgan fingerprint density at radius 2 is 1.89 bits per heavy atom. The van der Waals surface area contributed by atoms with Crippen molar-refractivity contribution in [1.82, 2.24) is 20.1 Å². The third kappa shape index (κ3) is 4.31. The zero-order valence-electron chi connectivity index (χ0n) is 16.3. The van der Waals surface area contributed by atoms with Crippen LogP contribution in [0.5, 0.6) is 0 Å². The van der Waals surface area contributed by atoms with E-state index >= 15 is 0 Å². The number of carbonyl (C=O) groups is 2. The first-order valence-corrected chi connectivity index (χ1v) is 9.19. The van der Waals surface area contributed by atoms with Gasteiger partial charge in [0.2, 0.25) is 0 Å². The molecule has 0 radical (unpaired) electrons. The molecule has 0 bridgehead atoms. The molecule has 2 aromatic heterocycles. The molecule has 1 amide bonds. The van der Waals surface area contributed by atoms with Crippen molar-refractivity contribution in [3.8, 4) is 0 Å². The van der Waals surface area contributed by atoms with Gasteiger partial charge in [0.1, 0.15) is 5.69 Å². The van der Waals surface area contributed by atoms with E-state index in [1.54, 1.807) is 27.0 Å². The predicted molar refractivity (Wildman–Crippen MR) is 105 cm³/mol. The normalized spacial score (nSPS) is 10.7. The second kappa shape index (κ2) is 8.56. The summed E-state index contributed by atoms with van der Waals surface area (Å²) in [5.74, 6) is -0.669. The number of hydrogen-bond acceptors (Lipinski definition) is 4. The van der Waals surface area contributed by atoms with Crippen molar-refractivity contribution in [2.75, 3.05) is 6.61 Å². The van der Waals surface area contributed by atoms with Crippen molar-refractivity contribution in [3.05, 3.63) is 76.4 Å². The third-order valence-corrected chi connectivity index (χ3v) is 4.52. The van der Waals surface area contributed by atoms with Crippen molar-refractivity contribution in [3.63, 3.8) is 0 Å². The van der Waals surface area contributed by atoms with E-state index in [1.807, 2.05) is 41.2 Å². The van der Waals surface area contributed by atoms with Crippen molar-refractivity contribution in [2.24, 2.45) is 0 Å². The van der Waals surface area contributed by atoms with Gasteiger partial charge in [-0.1, -0.05) is 24.3 Å². The minimum atomic E-state index is -0.416. The van der Waals surface area contributed by atoms with Crippen LogP contribution < -0.4 is 5.32 Å². The first kappa shape index (κ1) is 19.4. The number of rotatable bonds is 7. The van der Waals surface area contributed by atoms with Crippen LogP contribution in [-0.4, -0.2) is 33.2 Å². The molecule has 2 N–H and O–H groups in total. The molecule has 1 aromatic carbocycles. The minimum Gasteiger partial charge on any atom is -0.462 e. The number of esters is 1. The molecule has 0 aliphatic carbocycles. The second-order valence-corrected chi connectivity index (χ2v) is 6.55. The highest BCUT2D eigenvalue weighted by atomic mass is 16.5. The zero-order chi connectivity index (χ0) is 20.1. The van der Waals surface area contributed by atoms with Gasteiger partial charge in [0.05, 0.1) is 18.7 Å². The quantitative estimate of drug-likeness (QED) is 0.617. The molecule has 0 saturated carbocycles. The Labute approximate surface area is 163 Å². The number of amides is 1. The molecule has 146 valence electrons. The minimum absolute atomic E-state index is 0.253. The molecule has 0 aliphatic rings. The maximum atomic E-state index is 12.6. The Morgan fingerprint density at radius 3 is 2.54 bits per heavy atom. The van der Waals surface area contributed by atoms with Gasteiger partial charge in [-0.3, -0.25) is 9.48 Å². The van der Waals surface area contributed by atoms with E-state index in [0.29, 0.717) is 42.2 Å². The Morgan fingerprint density at radius 1 is 1.18 bits per heavy atom. The summed E-state index contributed by atoms with van der Waals surface area (Å²) >= 11 is 0. The van der Waals surface area contributed by atoms with Crippen molar-refractivity contribution in [2.45, 2.75) is 33.9 Å². The summed E-state index contributed by atoms with van der Waals surface area (Å²) in [5, 5.41) is 7.08. The van der Waals surface area contributed by atoms with Crippen molar-refractivity contribution >= 4 is 11.9 Å². The van der Waals surface area contributed by atoms with Crippen LogP contribution >= 0.6 is 0 Å². The first-order chi connectivity index (χ1) is 13.5. The van der Waals surface area contributed by atoms with Gasteiger partial charge in [0.15, 0.2) is 0 Å². The first-order valence-electron chi connectivity index (χ1n) is 9.19. The highest BCUT2D eigenvalue weighted by Gasteiger charge is 2.22. The molecule has 0 saturated heterocycles. The highest BCUT2D eigenvalue weighted by Crippen LogP contribution is 2.19. The van der Waals surface area contributed by atoms with E-state index in [-0.39, 0.29) is 5.91 Å². The number of aromatic nitrogens is 3. The number of carbonyl (C=O) groups excluding carboxylic acids is 2. The molecule has 2 heterocycles. The second-order valence-electron chi connectivity index (χ2n) is 6.55. The van der Waals surface area contributed by atoms with Crippen LogP contribution in [0.4, 0.5) is 0 Å². The fraction of sp³-hybridized carbons (Fsp3) is 0.286. The van der Waals surface area contributed by atoms with Gasteiger partial charge in [-0.15, -0.1) is 0 Å². The number of aromatic amines is 1. The Hall–Kier alpha value is -3.35. The Bertz CT molecular complexity index is 956. The highest BCUT2D eigenvalue weighted by molar-refractivity contribution is 6.00. The maximum Gasteiger partial charge on any atom is 0.340 e. The Kier molecular flexibility index (Phi) is 5.93. The Balaban J connectivity index is 1.62. The van der Waals surface area contributed by atoms with Crippen LogP contribution in [0.2, 0.25) is 0 Å². The lowest BCUT2D eigenvalue weighted by molar-refractivity contribution is 0.0525. The van der Waals surface area contributed by atoms with E-state index in [9.17, 15) is 9.59 Å². The molecular weight excluding hydrogens is 356 g/mol. The summed E-state index contributed by atoms with van der Waals surface area (Å²) in [4.78, 5) is 27.6. The topological polar surface area (TPSA) is 89.0 Å². The fourth-order valence-corrected chi connectivity index (χ4v) is 3.10. The number of H-pyrrole nitrogens is 1. The lowest BCUT2D eigenvalue weighted by Gasteiger charge is -2.07. The van der Waals surface area contributed by atoms with Gasteiger partial charge >= 0.3 is 5.97 Å². The monoisotopic (exact) mass is 380 g/mol. The lowest BCUT2D eigenvalue weighted by atomic mass is 10.1. The number of aryl methyl sites for hydroxylation is 1. The zero-order valence-corrected chi connectivity index (χ0v) is 16.3. The van der Waals surface area contributed by atoms with Gasteiger partial charge in [0, 0.05) is 24.6 Å². The molecular formula is C21H24N4O3. The summed E-state index contributed by atoms with van der Waals surface area (Å²) in [5.41, 5.74) is 4.16. The molecule has 0 fully saturated rings. The van der Waals surface area contributed by atoms with Crippen LogP contribution in [0.25, 0.3) is 0 Å². The number of nitrogens with one attached hydrogen (secondary N) is 2. The largest absolute Gasteiger partial charge is 0.462 e. The van der Waals surface area contributed by atoms with Gasteiger partial charge < -0.3 is 15.0 Å². The van der Waals surface area contributed by atoms with E-state index in [0.717, 1.165) is 11.1 Å². The standard InChI is InChI=1S/C21H24N4O3/c1-4-28-21(27)18-14(2)19(24-15(18)3)20(26)22-12-16-6-8-17(9-7-16)13-25-11-5-10-23-25/h5-11,24H,4,12-13H2,1-3H3,(H,22,26). The molecule has 0 atom stereocenters. The van der Waals surface area contributed by atoms with E-state index in [1.165, 1.54) is 0 Å². The number of benzene rings is 1. The van der Waals surface area contributed by atoms with Gasteiger partial charge in [-0.05, 0) is 43.5 Å². The number of ether oxygens (including phenoxy) is 1. The van der Waals surface area contributed by atoms with Gasteiger partial charge in [-0.2, -0.15) is 5.10 Å². The summed E-state index contributed by atoms with van der Waals surface area (Å²) in [6, 6.07) is 9.89. The molecule has 3 aromatic rings. The van der Waals surface area contributed by atoms with Crippen molar-refractivity contribution in [1.29, 1.82) is 0 Å². The van der Waals surface area contributed by atoms with E-state index in [4.69, 9.17) is 4.74 Å². The van der Waals surface area contributed by atoms with Crippen molar-refractivity contribution < 1.29 is 14.3 Å². The van der Waals surface area contributed by atoms with Crippen LogP contribution in [0.1, 0.15) is 50.2 Å². The van der Waals surface area contributed by atoms with Crippen LogP contribution in [0.3, 0.4) is 0 Å². The predicted octanol–water partition coefficient (Wildman–Crippen LogP) is 2.98. The van der Waals surface area contributed by atoms with Crippen LogP contribution in [-0.2, 0) is 17.8 Å². The van der Waals surface area contributed by atoms with Gasteiger partial charge in [-0.25, -0.2) is 4.79 Å². The average Bonchev–Trinajstić information content (AvgIpc) is 3.28. The molecule has 28 heavy (non-hydrogen) atoms. The SMILES string of the molecule is CCOC(=O)c1c(C)[nH]c(C(=O)NCc2ccc(Cn3cccn3)cc2)c1C. The maximum absolute atomic E-state index is 12.6. The van der Waals surface area contributed by atoms with Gasteiger partial charge in [0.25, 0.3) is 5.91 Å².